The lowest BCUT2D eigenvalue weighted by molar-refractivity contribution is 0.710. The molecule has 2 aromatic rings. The number of rotatable bonds is 4. The van der Waals surface area contributed by atoms with Crippen LogP contribution in [0.1, 0.15) is 45.4 Å². The maximum Gasteiger partial charge on any atom is 0.207 e. The van der Waals surface area contributed by atoms with E-state index in [0.717, 1.165) is 28.8 Å². The van der Waals surface area contributed by atoms with Gasteiger partial charge in [-0.2, -0.15) is 0 Å². The van der Waals surface area contributed by atoms with Gasteiger partial charge in [-0.25, -0.2) is 15.0 Å². The largest absolute Gasteiger partial charge is 0.365 e. The molecule has 1 fully saturated rings. The summed E-state index contributed by atoms with van der Waals surface area (Å²) >= 11 is 0. The zero-order valence-corrected chi connectivity index (χ0v) is 14.2. The molecular formula is C16H26N6. The van der Waals surface area contributed by atoms with Gasteiger partial charge < -0.3 is 10.2 Å². The predicted octanol–water partition coefficient (Wildman–Crippen LogP) is 2.87. The topological polar surface area (TPSA) is 58.9 Å². The van der Waals surface area contributed by atoms with E-state index in [1.54, 1.807) is 0 Å². The molecule has 2 aromatic heterocycles. The summed E-state index contributed by atoms with van der Waals surface area (Å²) in [7, 11) is 4.09. The molecule has 0 saturated heterocycles. The fraction of sp³-hybridized carbons (Fsp3) is 0.688. The van der Waals surface area contributed by atoms with Gasteiger partial charge in [0, 0.05) is 26.2 Å². The molecule has 120 valence electrons. The summed E-state index contributed by atoms with van der Waals surface area (Å²) in [5.74, 6) is 2.60. The average Bonchev–Trinajstić information content (AvgIpc) is 3.07. The Morgan fingerprint density at radius 3 is 2.50 bits per heavy atom. The predicted molar refractivity (Wildman–Crippen MR) is 90.5 cm³/mol. The van der Waals surface area contributed by atoms with Crippen LogP contribution in [0.5, 0.6) is 0 Å². The third kappa shape index (κ3) is 2.62. The maximum atomic E-state index is 4.82. The fourth-order valence-corrected chi connectivity index (χ4v) is 3.07. The molecule has 22 heavy (non-hydrogen) atoms. The Hall–Kier alpha value is -1.85. The highest BCUT2D eigenvalue weighted by Crippen LogP contribution is 2.28. The molecule has 0 radical (unpaired) electrons. The number of imidazole rings is 1. The lowest BCUT2D eigenvalue weighted by Gasteiger charge is -2.22. The first kappa shape index (κ1) is 15.1. The van der Waals surface area contributed by atoms with Gasteiger partial charge >= 0.3 is 0 Å². The van der Waals surface area contributed by atoms with E-state index in [1.165, 1.54) is 25.7 Å². The van der Waals surface area contributed by atoms with Crippen molar-refractivity contribution in [2.75, 3.05) is 17.3 Å². The Morgan fingerprint density at radius 2 is 1.86 bits per heavy atom. The lowest BCUT2D eigenvalue weighted by Crippen LogP contribution is -2.28. The van der Waals surface area contributed by atoms with E-state index in [1.807, 2.05) is 14.0 Å². The second-order valence-corrected chi connectivity index (χ2v) is 6.59. The van der Waals surface area contributed by atoms with Crippen molar-refractivity contribution in [2.24, 2.45) is 7.05 Å². The lowest BCUT2D eigenvalue weighted by atomic mass is 10.2. The van der Waals surface area contributed by atoms with Crippen LogP contribution in [-0.4, -0.2) is 38.7 Å². The summed E-state index contributed by atoms with van der Waals surface area (Å²) in [6, 6.07) is 0.904. The molecule has 2 heterocycles. The van der Waals surface area contributed by atoms with Gasteiger partial charge in [0.1, 0.15) is 5.82 Å². The molecule has 3 rings (SSSR count). The van der Waals surface area contributed by atoms with Gasteiger partial charge in [0.2, 0.25) is 5.95 Å². The number of anilines is 2. The van der Waals surface area contributed by atoms with Crippen LogP contribution in [0.2, 0.25) is 0 Å². The van der Waals surface area contributed by atoms with E-state index < -0.39 is 0 Å². The average molecular weight is 302 g/mol. The summed E-state index contributed by atoms with van der Waals surface area (Å²) in [6.45, 7) is 6.26. The minimum atomic E-state index is 0.385. The van der Waals surface area contributed by atoms with Crippen molar-refractivity contribution in [3.05, 3.63) is 5.82 Å². The van der Waals surface area contributed by atoms with Crippen molar-refractivity contribution in [1.82, 2.24) is 19.5 Å². The number of nitrogens with one attached hydrogen (secondary N) is 1. The van der Waals surface area contributed by atoms with E-state index >= 15 is 0 Å². The molecule has 0 bridgehead atoms. The van der Waals surface area contributed by atoms with Crippen molar-refractivity contribution < 1.29 is 0 Å². The van der Waals surface area contributed by atoms with E-state index in [-0.39, 0.29) is 0 Å². The van der Waals surface area contributed by atoms with Gasteiger partial charge in [-0.1, -0.05) is 12.8 Å². The number of hydrogen-bond acceptors (Lipinski definition) is 5. The number of aryl methyl sites for hydroxylation is 2. The number of nitrogens with zero attached hydrogens (tertiary/aromatic N) is 5. The third-order valence-corrected chi connectivity index (χ3v) is 4.59. The molecule has 0 amide bonds. The van der Waals surface area contributed by atoms with Crippen LogP contribution in [0.3, 0.4) is 0 Å². The molecule has 0 unspecified atom stereocenters. The molecule has 6 nitrogen and oxygen atoms in total. The van der Waals surface area contributed by atoms with Gasteiger partial charge in [0.15, 0.2) is 17.0 Å². The summed E-state index contributed by atoms with van der Waals surface area (Å²) in [5, 5.41) is 3.59. The first-order chi connectivity index (χ1) is 10.5. The maximum absolute atomic E-state index is 4.82. The van der Waals surface area contributed by atoms with Crippen molar-refractivity contribution in [3.63, 3.8) is 0 Å². The molecule has 0 aliphatic heterocycles. The van der Waals surface area contributed by atoms with E-state index in [4.69, 9.17) is 4.98 Å². The Balaban J connectivity index is 2.06. The first-order valence-electron chi connectivity index (χ1n) is 8.17. The Bertz CT molecular complexity index is 669. The first-order valence-corrected chi connectivity index (χ1v) is 8.17. The molecule has 1 saturated carbocycles. The second-order valence-electron chi connectivity index (χ2n) is 6.59. The number of hydrogen-bond donors (Lipinski definition) is 1. The van der Waals surface area contributed by atoms with Crippen LogP contribution in [0, 0.1) is 6.92 Å². The SMILES string of the molecule is Cc1nc(NC2CCCC2)c2nc(N(C)C(C)C)n(C)c2n1. The Morgan fingerprint density at radius 1 is 1.18 bits per heavy atom. The summed E-state index contributed by atoms with van der Waals surface area (Å²) < 4.78 is 2.06. The van der Waals surface area contributed by atoms with Crippen LogP contribution in [0.15, 0.2) is 0 Å². The molecule has 0 atom stereocenters. The minimum absolute atomic E-state index is 0.385. The molecule has 6 heteroatoms. The number of fused-ring (bicyclic) bond motifs is 1. The summed E-state index contributed by atoms with van der Waals surface area (Å²) in [5.41, 5.74) is 1.78. The normalized spacial score (nSPS) is 15.9. The zero-order chi connectivity index (χ0) is 15.9. The molecule has 0 spiro atoms. The van der Waals surface area contributed by atoms with E-state index in [0.29, 0.717) is 12.1 Å². The molecular weight excluding hydrogens is 276 g/mol. The molecule has 0 aromatic carbocycles. The van der Waals surface area contributed by atoms with Gasteiger partial charge in [0.05, 0.1) is 0 Å². The smallest absolute Gasteiger partial charge is 0.207 e. The second kappa shape index (κ2) is 5.74. The van der Waals surface area contributed by atoms with Gasteiger partial charge in [-0.15, -0.1) is 0 Å². The highest BCUT2D eigenvalue weighted by molar-refractivity contribution is 5.85. The highest BCUT2D eigenvalue weighted by atomic mass is 15.3. The Labute approximate surface area is 132 Å². The van der Waals surface area contributed by atoms with Crippen molar-refractivity contribution in [2.45, 2.75) is 58.5 Å². The highest BCUT2D eigenvalue weighted by Gasteiger charge is 2.21. The zero-order valence-electron chi connectivity index (χ0n) is 14.2. The van der Waals surface area contributed by atoms with E-state index in [2.05, 4.69) is 45.6 Å². The van der Waals surface area contributed by atoms with Crippen molar-refractivity contribution >= 4 is 22.9 Å². The standard InChI is InChI=1S/C16H26N6/c1-10(2)21(4)16-20-13-14(19-12-8-6-7-9-12)17-11(3)18-15(13)22(16)5/h10,12H,6-9H2,1-5H3,(H,17,18,19). The van der Waals surface area contributed by atoms with Crippen LogP contribution in [-0.2, 0) is 7.05 Å². The van der Waals surface area contributed by atoms with E-state index in [9.17, 15) is 0 Å². The van der Waals surface area contributed by atoms with Crippen LogP contribution < -0.4 is 10.2 Å². The van der Waals surface area contributed by atoms with Gasteiger partial charge in [0.25, 0.3) is 0 Å². The number of aromatic nitrogens is 4. The molecule has 1 aliphatic rings. The van der Waals surface area contributed by atoms with Crippen molar-refractivity contribution in [3.8, 4) is 0 Å². The molecule has 1 aliphatic carbocycles. The molecule has 1 N–H and O–H groups in total. The Kier molecular flexibility index (Phi) is 3.93. The van der Waals surface area contributed by atoms with Gasteiger partial charge in [-0.3, -0.25) is 4.57 Å². The van der Waals surface area contributed by atoms with Crippen LogP contribution in [0.25, 0.3) is 11.2 Å². The summed E-state index contributed by atoms with van der Waals surface area (Å²) in [6.07, 6.45) is 5.04. The monoisotopic (exact) mass is 302 g/mol. The van der Waals surface area contributed by atoms with Crippen LogP contribution in [0.4, 0.5) is 11.8 Å². The minimum Gasteiger partial charge on any atom is -0.365 e. The quantitative estimate of drug-likeness (QED) is 0.941. The van der Waals surface area contributed by atoms with Crippen LogP contribution >= 0.6 is 0 Å². The fourth-order valence-electron chi connectivity index (χ4n) is 3.07. The summed E-state index contributed by atoms with van der Waals surface area (Å²) in [4.78, 5) is 16.2. The third-order valence-electron chi connectivity index (χ3n) is 4.59. The van der Waals surface area contributed by atoms with Crippen molar-refractivity contribution in [1.29, 1.82) is 0 Å². The van der Waals surface area contributed by atoms with Gasteiger partial charge in [-0.05, 0) is 33.6 Å².